The predicted molar refractivity (Wildman–Crippen MR) is 69.3 cm³/mol. The van der Waals surface area contributed by atoms with Crippen molar-refractivity contribution in [3.8, 4) is 11.5 Å². The van der Waals surface area contributed by atoms with E-state index in [9.17, 15) is 9.18 Å². The van der Waals surface area contributed by atoms with Gasteiger partial charge in [0.25, 0.3) is 0 Å². The van der Waals surface area contributed by atoms with E-state index < -0.39 is 11.8 Å². The van der Waals surface area contributed by atoms with E-state index in [4.69, 9.17) is 9.84 Å². The summed E-state index contributed by atoms with van der Waals surface area (Å²) in [5, 5.41) is 8.76. The minimum atomic E-state index is -1.17. The number of aromatic carboxylic acids is 1. The van der Waals surface area contributed by atoms with Crippen LogP contribution in [0.2, 0.25) is 0 Å². The first-order valence-corrected chi connectivity index (χ1v) is 5.75. The van der Waals surface area contributed by atoms with E-state index in [1.54, 1.807) is 6.07 Å². The van der Waals surface area contributed by atoms with Gasteiger partial charge in [-0.1, -0.05) is 17.7 Å². The predicted octanol–water partition coefficient (Wildman–Crippen LogP) is 3.93. The second-order valence-electron chi connectivity index (χ2n) is 4.32. The molecule has 0 radical (unpaired) electrons. The number of rotatable bonds is 3. The highest BCUT2D eigenvalue weighted by Gasteiger charge is 2.10. The topological polar surface area (TPSA) is 46.5 Å². The zero-order valence-corrected chi connectivity index (χ0v) is 10.6. The van der Waals surface area contributed by atoms with Gasteiger partial charge in [0, 0.05) is 0 Å². The molecule has 0 aromatic heterocycles. The van der Waals surface area contributed by atoms with Crippen LogP contribution in [0.5, 0.6) is 11.5 Å². The van der Waals surface area contributed by atoms with Crippen LogP contribution in [0, 0.1) is 19.7 Å². The summed E-state index contributed by atoms with van der Waals surface area (Å²) in [5.41, 5.74) is 1.87. The van der Waals surface area contributed by atoms with Crippen molar-refractivity contribution in [2.75, 3.05) is 0 Å². The number of aryl methyl sites for hydroxylation is 2. The van der Waals surface area contributed by atoms with Gasteiger partial charge in [-0.05, 0) is 43.7 Å². The van der Waals surface area contributed by atoms with Crippen LogP contribution in [0.1, 0.15) is 21.5 Å². The van der Waals surface area contributed by atoms with Crippen molar-refractivity contribution in [1.82, 2.24) is 0 Å². The fraction of sp³-hybridized carbons (Fsp3) is 0.133. The van der Waals surface area contributed by atoms with Gasteiger partial charge in [0.15, 0.2) is 11.6 Å². The maximum atomic E-state index is 13.7. The van der Waals surface area contributed by atoms with Crippen molar-refractivity contribution in [3.63, 3.8) is 0 Å². The first-order valence-electron chi connectivity index (χ1n) is 5.75. The fourth-order valence-electron chi connectivity index (χ4n) is 1.75. The Morgan fingerprint density at radius 3 is 2.37 bits per heavy atom. The summed E-state index contributed by atoms with van der Waals surface area (Å²) < 4.78 is 19.2. The van der Waals surface area contributed by atoms with Crippen LogP contribution in [0.4, 0.5) is 4.39 Å². The molecular weight excluding hydrogens is 247 g/mol. The van der Waals surface area contributed by atoms with Gasteiger partial charge < -0.3 is 9.84 Å². The first kappa shape index (κ1) is 13.1. The molecule has 0 spiro atoms. The number of benzene rings is 2. The van der Waals surface area contributed by atoms with Crippen LogP contribution in [0.3, 0.4) is 0 Å². The monoisotopic (exact) mass is 260 g/mol. The van der Waals surface area contributed by atoms with Gasteiger partial charge in [-0.2, -0.15) is 0 Å². The van der Waals surface area contributed by atoms with Crippen LogP contribution < -0.4 is 4.74 Å². The second kappa shape index (κ2) is 5.10. The molecule has 0 aliphatic carbocycles. The van der Waals surface area contributed by atoms with Gasteiger partial charge in [0.2, 0.25) is 0 Å². The standard InChI is InChI=1S/C15H13FO3/c1-9-3-5-13(10(2)7-9)19-14-6-4-11(15(17)18)8-12(14)16/h3-8H,1-2H3,(H,17,18). The third-order valence-corrected chi connectivity index (χ3v) is 2.73. The number of halogens is 1. The normalized spacial score (nSPS) is 10.3. The summed E-state index contributed by atoms with van der Waals surface area (Å²) >= 11 is 0. The molecule has 0 heterocycles. The largest absolute Gasteiger partial charge is 0.478 e. The highest BCUT2D eigenvalue weighted by Crippen LogP contribution is 2.28. The molecule has 0 aliphatic rings. The Labute approximate surface area is 110 Å². The summed E-state index contributed by atoms with van der Waals surface area (Å²) in [6.07, 6.45) is 0. The average Bonchev–Trinajstić information content (AvgIpc) is 2.34. The lowest BCUT2D eigenvalue weighted by Gasteiger charge is -2.10. The Hall–Kier alpha value is -2.36. The van der Waals surface area contributed by atoms with Gasteiger partial charge in [-0.15, -0.1) is 0 Å². The SMILES string of the molecule is Cc1ccc(Oc2ccc(C(=O)O)cc2F)c(C)c1. The van der Waals surface area contributed by atoms with E-state index in [0.717, 1.165) is 17.2 Å². The summed E-state index contributed by atoms with van der Waals surface area (Å²) in [6, 6.07) is 9.13. The molecule has 19 heavy (non-hydrogen) atoms. The molecule has 0 aliphatic heterocycles. The van der Waals surface area contributed by atoms with Gasteiger partial charge in [-0.3, -0.25) is 0 Å². The molecule has 1 N–H and O–H groups in total. The molecular formula is C15H13FO3. The Balaban J connectivity index is 2.31. The van der Waals surface area contributed by atoms with Crippen LogP contribution in [-0.2, 0) is 0 Å². The number of hydrogen-bond donors (Lipinski definition) is 1. The Morgan fingerprint density at radius 2 is 1.79 bits per heavy atom. The minimum Gasteiger partial charge on any atom is -0.478 e. The highest BCUT2D eigenvalue weighted by atomic mass is 19.1. The Kier molecular flexibility index (Phi) is 3.51. The number of carboxylic acid groups (broad SMARTS) is 1. The van der Waals surface area contributed by atoms with E-state index in [2.05, 4.69) is 0 Å². The zero-order valence-electron chi connectivity index (χ0n) is 10.6. The molecule has 2 rings (SSSR count). The van der Waals surface area contributed by atoms with Crippen LogP contribution in [0.25, 0.3) is 0 Å². The van der Waals surface area contributed by atoms with E-state index in [1.165, 1.54) is 12.1 Å². The second-order valence-corrected chi connectivity index (χ2v) is 4.32. The number of carboxylic acids is 1. The molecule has 4 heteroatoms. The summed E-state index contributed by atoms with van der Waals surface area (Å²) in [6.45, 7) is 3.82. The molecule has 2 aromatic rings. The van der Waals surface area contributed by atoms with Gasteiger partial charge in [-0.25, -0.2) is 9.18 Å². The maximum absolute atomic E-state index is 13.7. The van der Waals surface area contributed by atoms with Crippen molar-refractivity contribution in [2.24, 2.45) is 0 Å². The van der Waals surface area contributed by atoms with Crippen molar-refractivity contribution in [1.29, 1.82) is 0 Å². The van der Waals surface area contributed by atoms with E-state index >= 15 is 0 Å². The van der Waals surface area contributed by atoms with Crippen molar-refractivity contribution < 1.29 is 19.0 Å². The molecule has 0 amide bonds. The lowest BCUT2D eigenvalue weighted by atomic mass is 10.1. The van der Waals surface area contributed by atoms with Crippen LogP contribution in [-0.4, -0.2) is 11.1 Å². The number of ether oxygens (including phenoxy) is 1. The molecule has 0 saturated carbocycles. The lowest BCUT2D eigenvalue weighted by Crippen LogP contribution is -1.98. The van der Waals surface area contributed by atoms with Gasteiger partial charge in [0.1, 0.15) is 5.75 Å². The lowest BCUT2D eigenvalue weighted by molar-refractivity contribution is 0.0696. The fourth-order valence-corrected chi connectivity index (χ4v) is 1.75. The summed E-state index contributed by atoms with van der Waals surface area (Å²) in [7, 11) is 0. The molecule has 0 atom stereocenters. The molecule has 0 bridgehead atoms. The maximum Gasteiger partial charge on any atom is 0.335 e. The van der Waals surface area contributed by atoms with Crippen LogP contribution in [0.15, 0.2) is 36.4 Å². The first-order chi connectivity index (χ1) is 8.97. The highest BCUT2D eigenvalue weighted by molar-refractivity contribution is 5.87. The molecule has 0 saturated heterocycles. The Bertz CT molecular complexity index is 635. The third kappa shape index (κ3) is 2.91. The smallest absolute Gasteiger partial charge is 0.335 e. The van der Waals surface area contributed by atoms with E-state index in [0.29, 0.717) is 5.75 Å². The summed E-state index contributed by atoms with van der Waals surface area (Å²) in [4.78, 5) is 10.7. The molecule has 98 valence electrons. The summed E-state index contributed by atoms with van der Waals surface area (Å²) in [5.74, 6) is -1.30. The van der Waals surface area contributed by atoms with Crippen LogP contribution >= 0.6 is 0 Å². The quantitative estimate of drug-likeness (QED) is 0.909. The molecule has 2 aromatic carbocycles. The molecule has 3 nitrogen and oxygen atoms in total. The molecule has 0 fully saturated rings. The number of hydrogen-bond acceptors (Lipinski definition) is 2. The molecule has 0 unspecified atom stereocenters. The van der Waals surface area contributed by atoms with Gasteiger partial charge in [0.05, 0.1) is 5.56 Å². The Morgan fingerprint density at radius 1 is 1.11 bits per heavy atom. The minimum absolute atomic E-state index is 0.0111. The third-order valence-electron chi connectivity index (χ3n) is 2.73. The number of carbonyl (C=O) groups is 1. The zero-order chi connectivity index (χ0) is 14.0. The van der Waals surface area contributed by atoms with Gasteiger partial charge >= 0.3 is 5.97 Å². The van der Waals surface area contributed by atoms with Crippen molar-refractivity contribution >= 4 is 5.97 Å². The van der Waals surface area contributed by atoms with Crippen molar-refractivity contribution in [3.05, 3.63) is 58.9 Å². The van der Waals surface area contributed by atoms with Crippen molar-refractivity contribution in [2.45, 2.75) is 13.8 Å². The average molecular weight is 260 g/mol. The van der Waals surface area contributed by atoms with E-state index in [-0.39, 0.29) is 11.3 Å². The van der Waals surface area contributed by atoms with E-state index in [1.807, 2.05) is 26.0 Å².